The van der Waals surface area contributed by atoms with E-state index in [9.17, 15) is 4.79 Å². The first kappa shape index (κ1) is 15.0. The highest BCUT2D eigenvalue weighted by Crippen LogP contribution is 2.10. The van der Waals surface area contributed by atoms with Gasteiger partial charge in [-0.15, -0.1) is 5.10 Å². The Kier molecular flexibility index (Phi) is 4.46. The van der Waals surface area contributed by atoms with Crippen molar-refractivity contribution in [2.75, 3.05) is 0 Å². The molecule has 2 heterocycles. The van der Waals surface area contributed by atoms with Gasteiger partial charge in [-0.05, 0) is 54.1 Å². The molecule has 7 heteroatoms. The number of aromatic nitrogens is 4. The molecule has 23 heavy (non-hydrogen) atoms. The predicted octanol–water partition coefficient (Wildman–Crippen LogP) is 2.01. The van der Waals surface area contributed by atoms with Crippen LogP contribution >= 0.6 is 0 Å². The van der Waals surface area contributed by atoms with Gasteiger partial charge in [0.25, 0.3) is 5.91 Å². The van der Waals surface area contributed by atoms with Crippen LogP contribution in [0.2, 0.25) is 0 Å². The number of rotatable bonds is 6. The van der Waals surface area contributed by atoms with E-state index >= 15 is 0 Å². The lowest BCUT2D eigenvalue weighted by atomic mass is 10.1. The van der Waals surface area contributed by atoms with Gasteiger partial charge in [-0.1, -0.05) is 6.07 Å². The number of benzene rings is 1. The van der Waals surface area contributed by atoms with Crippen LogP contribution in [0.3, 0.4) is 0 Å². The molecule has 0 saturated carbocycles. The largest absolute Gasteiger partial charge is 0.469 e. The minimum atomic E-state index is -0.119. The molecule has 0 aliphatic rings. The minimum absolute atomic E-state index is 0.0456. The molecule has 0 aliphatic carbocycles. The van der Waals surface area contributed by atoms with Crippen molar-refractivity contribution in [1.82, 2.24) is 25.5 Å². The summed E-state index contributed by atoms with van der Waals surface area (Å²) in [5, 5.41) is 14.0. The van der Waals surface area contributed by atoms with E-state index in [1.807, 2.05) is 25.1 Å². The van der Waals surface area contributed by atoms with Gasteiger partial charge in [0.05, 0.1) is 12.0 Å². The molecule has 1 unspecified atom stereocenters. The van der Waals surface area contributed by atoms with Crippen molar-refractivity contribution in [3.63, 3.8) is 0 Å². The Morgan fingerprint density at radius 1 is 1.35 bits per heavy atom. The normalized spacial score (nSPS) is 12.0. The van der Waals surface area contributed by atoms with Gasteiger partial charge in [0.2, 0.25) is 0 Å². The Balaban J connectivity index is 1.60. The molecule has 1 N–H and O–H groups in total. The molecule has 0 spiro atoms. The zero-order chi connectivity index (χ0) is 16.1. The van der Waals surface area contributed by atoms with Gasteiger partial charge >= 0.3 is 0 Å². The van der Waals surface area contributed by atoms with Gasteiger partial charge in [-0.3, -0.25) is 4.79 Å². The first-order valence-corrected chi connectivity index (χ1v) is 7.39. The molecular weight excluding hydrogens is 294 g/mol. The molecule has 7 nitrogen and oxygen atoms in total. The van der Waals surface area contributed by atoms with Crippen molar-refractivity contribution < 1.29 is 9.21 Å². The van der Waals surface area contributed by atoms with Crippen LogP contribution in [0.5, 0.6) is 0 Å². The summed E-state index contributed by atoms with van der Waals surface area (Å²) in [6, 6.07) is 11.0. The second kappa shape index (κ2) is 6.87. The highest BCUT2D eigenvalue weighted by molar-refractivity contribution is 5.94. The summed E-state index contributed by atoms with van der Waals surface area (Å²) in [6.45, 7) is 1.98. The van der Waals surface area contributed by atoms with Crippen LogP contribution in [0.4, 0.5) is 0 Å². The van der Waals surface area contributed by atoms with Crippen LogP contribution in [0, 0.1) is 0 Å². The first-order valence-electron chi connectivity index (χ1n) is 7.39. The van der Waals surface area contributed by atoms with E-state index in [1.54, 1.807) is 24.5 Å². The van der Waals surface area contributed by atoms with Gasteiger partial charge in [0, 0.05) is 18.0 Å². The van der Waals surface area contributed by atoms with Crippen molar-refractivity contribution in [3.8, 4) is 5.69 Å². The summed E-state index contributed by atoms with van der Waals surface area (Å²) in [7, 11) is 0. The molecule has 1 amide bonds. The number of furan rings is 1. The van der Waals surface area contributed by atoms with Crippen molar-refractivity contribution in [1.29, 1.82) is 0 Å². The number of aryl methyl sites for hydroxylation is 1. The van der Waals surface area contributed by atoms with Crippen LogP contribution < -0.4 is 5.32 Å². The van der Waals surface area contributed by atoms with Gasteiger partial charge in [0.15, 0.2) is 0 Å². The Hall–Kier alpha value is -2.96. The third-order valence-corrected chi connectivity index (χ3v) is 3.50. The average molecular weight is 311 g/mol. The summed E-state index contributed by atoms with van der Waals surface area (Å²) in [6.07, 6.45) is 4.75. The van der Waals surface area contributed by atoms with Gasteiger partial charge in [-0.2, -0.15) is 0 Å². The lowest BCUT2D eigenvalue weighted by Crippen LogP contribution is -2.32. The number of hydrogen-bond donors (Lipinski definition) is 1. The molecule has 0 saturated heterocycles. The zero-order valence-corrected chi connectivity index (χ0v) is 12.7. The number of amides is 1. The van der Waals surface area contributed by atoms with Crippen LogP contribution in [-0.4, -0.2) is 32.2 Å². The number of tetrazole rings is 1. The number of hydrogen-bond acceptors (Lipinski definition) is 5. The predicted molar refractivity (Wildman–Crippen MR) is 83.1 cm³/mol. The topological polar surface area (TPSA) is 85.8 Å². The van der Waals surface area contributed by atoms with Crippen LogP contribution in [-0.2, 0) is 6.42 Å². The summed E-state index contributed by atoms with van der Waals surface area (Å²) in [4.78, 5) is 12.3. The summed E-state index contributed by atoms with van der Waals surface area (Å²) in [5.74, 6) is 0.804. The summed E-state index contributed by atoms with van der Waals surface area (Å²) in [5.41, 5.74) is 1.31. The van der Waals surface area contributed by atoms with E-state index in [0.29, 0.717) is 5.56 Å². The molecule has 0 bridgehead atoms. The van der Waals surface area contributed by atoms with E-state index in [1.165, 1.54) is 11.0 Å². The standard InChI is InChI=1S/C16H17N5O2/c1-12(7-8-15-6-3-9-23-15)18-16(22)13-4-2-5-14(10-13)21-11-17-19-20-21/h2-6,9-12H,7-8H2,1H3,(H,18,22). The maximum absolute atomic E-state index is 12.3. The maximum Gasteiger partial charge on any atom is 0.251 e. The number of carbonyl (C=O) groups excluding carboxylic acids is 1. The smallest absolute Gasteiger partial charge is 0.251 e. The Labute approximate surface area is 133 Å². The molecule has 0 fully saturated rings. The van der Waals surface area contributed by atoms with Crippen LogP contribution in [0.1, 0.15) is 29.5 Å². The van der Waals surface area contributed by atoms with E-state index in [2.05, 4.69) is 20.8 Å². The molecule has 3 rings (SSSR count). The van der Waals surface area contributed by atoms with Gasteiger partial charge < -0.3 is 9.73 Å². The molecule has 2 aromatic heterocycles. The molecule has 3 aromatic rings. The van der Waals surface area contributed by atoms with E-state index in [4.69, 9.17) is 4.42 Å². The van der Waals surface area contributed by atoms with Crippen molar-refractivity contribution in [3.05, 3.63) is 60.3 Å². The monoisotopic (exact) mass is 311 g/mol. The molecule has 1 aromatic carbocycles. The Morgan fingerprint density at radius 2 is 2.26 bits per heavy atom. The quantitative estimate of drug-likeness (QED) is 0.752. The van der Waals surface area contributed by atoms with Crippen molar-refractivity contribution in [2.45, 2.75) is 25.8 Å². The lowest BCUT2D eigenvalue weighted by molar-refractivity contribution is 0.0938. The first-order chi connectivity index (χ1) is 11.2. The van der Waals surface area contributed by atoms with E-state index in [-0.39, 0.29) is 11.9 Å². The number of nitrogens with one attached hydrogen (secondary N) is 1. The number of carbonyl (C=O) groups is 1. The second-order valence-electron chi connectivity index (χ2n) is 5.30. The molecule has 0 aliphatic heterocycles. The third kappa shape index (κ3) is 3.82. The lowest BCUT2D eigenvalue weighted by Gasteiger charge is -2.13. The Bertz CT molecular complexity index is 753. The minimum Gasteiger partial charge on any atom is -0.469 e. The molecular formula is C16H17N5O2. The van der Waals surface area contributed by atoms with E-state index < -0.39 is 0 Å². The summed E-state index contributed by atoms with van der Waals surface area (Å²) < 4.78 is 6.81. The fraction of sp³-hybridized carbons (Fsp3) is 0.250. The summed E-state index contributed by atoms with van der Waals surface area (Å²) >= 11 is 0. The molecule has 118 valence electrons. The average Bonchev–Trinajstić information content (AvgIpc) is 3.26. The van der Waals surface area contributed by atoms with Crippen molar-refractivity contribution in [2.24, 2.45) is 0 Å². The maximum atomic E-state index is 12.3. The van der Waals surface area contributed by atoms with Crippen LogP contribution in [0.25, 0.3) is 5.69 Å². The zero-order valence-electron chi connectivity index (χ0n) is 12.7. The molecule has 1 atom stereocenters. The fourth-order valence-electron chi connectivity index (χ4n) is 2.26. The van der Waals surface area contributed by atoms with Gasteiger partial charge in [0.1, 0.15) is 12.1 Å². The van der Waals surface area contributed by atoms with E-state index in [0.717, 1.165) is 24.3 Å². The fourth-order valence-corrected chi connectivity index (χ4v) is 2.26. The van der Waals surface area contributed by atoms with Gasteiger partial charge in [-0.25, -0.2) is 4.68 Å². The third-order valence-electron chi connectivity index (χ3n) is 3.50. The number of nitrogens with zero attached hydrogens (tertiary/aromatic N) is 4. The Morgan fingerprint density at radius 3 is 3.00 bits per heavy atom. The SMILES string of the molecule is CC(CCc1ccco1)NC(=O)c1cccc(-n2cnnn2)c1. The second-order valence-corrected chi connectivity index (χ2v) is 5.30. The highest BCUT2D eigenvalue weighted by atomic mass is 16.3. The molecule has 0 radical (unpaired) electrons. The highest BCUT2D eigenvalue weighted by Gasteiger charge is 2.11. The van der Waals surface area contributed by atoms with Crippen LogP contribution in [0.15, 0.2) is 53.4 Å². The van der Waals surface area contributed by atoms with Crippen molar-refractivity contribution >= 4 is 5.91 Å².